The van der Waals surface area contributed by atoms with Crippen LogP contribution in [-0.4, -0.2) is 30.3 Å². The zero-order chi connectivity index (χ0) is 10.8. The van der Waals surface area contributed by atoms with E-state index in [1.54, 1.807) is 4.90 Å². The Bertz CT molecular complexity index is 233. The Morgan fingerprint density at radius 1 is 1.29 bits per heavy atom. The third-order valence-electron chi connectivity index (χ3n) is 1.91. The second-order valence-electron chi connectivity index (χ2n) is 3.02. The quantitative estimate of drug-likeness (QED) is 0.568. The van der Waals surface area contributed by atoms with Crippen LogP contribution in [0.15, 0.2) is 0 Å². The summed E-state index contributed by atoms with van der Waals surface area (Å²) in [5.74, 6) is 0.235. The van der Waals surface area contributed by atoms with E-state index in [1.807, 2.05) is 19.1 Å². The Balaban J connectivity index is 3.67. The van der Waals surface area contributed by atoms with Crippen molar-refractivity contribution in [3.05, 3.63) is 0 Å². The molecule has 0 heterocycles. The number of carbonyl (C=O) groups is 1. The first-order valence-electron chi connectivity index (χ1n) is 4.72. The number of nitriles is 2. The third kappa shape index (κ3) is 6.16. The average molecular weight is 193 g/mol. The van der Waals surface area contributed by atoms with Gasteiger partial charge in [0.1, 0.15) is 5.78 Å². The minimum Gasteiger partial charge on any atom is -0.300 e. The van der Waals surface area contributed by atoms with Crippen LogP contribution in [-0.2, 0) is 4.79 Å². The van der Waals surface area contributed by atoms with Gasteiger partial charge >= 0.3 is 0 Å². The van der Waals surface area contributed by atoms with Crippen molar-refractivity contribution in [1.29, 1.82) is 10.5 Å². The highest BCUT2D eigenvalue weighted by atomic mass is 16.1. The summed E-state index contributed by atoms with van der Waals surface area (Å²) in [5, 5.41) is 16.9. The Morgan fingerprint density at radius 3 is 2.29 bits per heavy atom. The van der Waals surface area contributed by atoms with Crippen molar-refractivity contribution >= 4 is 5.78 Å². The van der Waals surface area contributed by atoms with E-state index in [4.69, 9.17) is 10.5 Å². The Morgan fingerprint density at radius 2 is 1.86 bits per heavy atom. The summed E-state index contributed by atoms with van der Waals surface area (Å²) in [6, 6.07) is 3.99. The minimum atomic E-state index is 0.235. The van der Waals surface area contributed by atoms with Crippen molar-refractivity contribution in [3.8, 4) is 12.1 Å². The summed E-state index contributed by atoms with van der Waals surface area (Å²) in [4.78, 5) is 12.7. The normalized spacial score (nSPS) is 9.43. The molecule has 0 fully saturated rings. The van der Waals surface area contributed by atoms with Gasteiger partial charge in [-0.15, -0.1) is 0 Å². The van der Waals surface area contributed by atoms with E-state index in [0.717, 1.165) is 6.42 Å². The highest BCUT2D eigenvalue weighted by molar-refractivity contribution is 5.77. The van der Waals surface area contributed by atoms with Gasteiger partial charge in [0, 0.05) is 19.4 Å². The Hall–Kier alpha value is -1.39. The van der Waals surface area contributed by atoms with E-state index >= 15 is 0 Å². The van der Waals surface area contributed by atoms with E-state index < -0.39 is 0 Å². The van der Waals surface area contributed by atoms with E-state index in [1.165, 1.54) is 0 Å². The predicted molar refractivity (Wildman–Crippen MR) is 52.2 cm³/mol. The lowest BCUT2D eigenvalue weighted by atomic mass is 10.2. The van der Waals surface area contributed by atoms with E-state index in [-0.39, 0.29) is 18.9 Å². The molecule has 0 saturated heterocycles. The molecule has 0 aromatic carbocycles. The van der Waals surface area contributed by atoms with Gasteiger partial charge in [-0.3, -0.25) is 9.69 Å². The van der Waals surface area contributed by atoms with Crippen molar-refractivity contribution in [2.75, 3.05) is 19.6 Å². The third-order valence-corrected chi connectivity index (χ3v) is 1.91. The number of carbonyl (C=O) groups excluding carboxylic acids is 1. The SMILES string of the molecule is CCC(=O)CCCN(CC#N)CC#N. The highest BCUT2D eigenvalue weighted by Gasteiger charge is 2.04. The first-order valence-corrected chi connectivity index (χ1v) is 4.72. The molecular weight excluding hydrogens is 178 g/mol. The van der Waals surface area contributed by atoms with E-state index in [0.29, 0.717) is 19.4 Å². The van der Waals surface area contributed by atoms with Crippen molar-refractivity contribution in [2.24, 2.45) is 0 Å². The van der Waals surface area contributed by atoms with Crippen LogP contribution in [0.25, 0.3) is 0 Å². The molecule has 0 spiro atoms. The van der Waals surface area contributed by atoms with Gasteiger partial charge in [-0.05, 0) is 6.42 Å². The molecule has 0 unspecified atom stereocenters. The molecule has 0 aromatic heterocycles. The van der Waals surface area contributed by atoms with Crippen LogP contribution in [0.3, 0.4) is 0 Å². The van der Waals surface area contributed by atoms with Crippen molar-refractivity contribution in [1.82, 2.24) is 4.90 Å². The summed E-state index contributed by atoms with van der Waals surface area (Å²) in [6.45, 7) is 3.00. The van der Waals surface area contributed by atoms with Gasteiger partial charge in [-0.2, -0.15) is 10.5 Å². The molecule has 14 heavy (non-hydrogen) atoms. The molecule has 0 aliphatic carbocycles. The molecule has 0 saturated carbocycles. The van der Waals surface area contributed by atoms with Gasteiger partial charge in [0.2, 0.25) is 0 Å². The van der Waals surface area contributed by atoms with Gasteiger partial charge in [-0.25, -0.2) is 0 Å². The Kier molecular flexibility index (Phi) is 7.40. The topological polar surface area (TPSA) is 67.9 Å². The van der Waals surface area contributed by atoms with Gasteiger partial charge in [-0.1, -0.05) is 6.92 Å². The fraction of sp³-hybridized carbons (Fsp3) is 0.700. The minimum absolute atomic E-state index is 0.235. The average Bonchev–Trinajstić information content (AvgIpc) is 2.18. The molecule has 0 rings (SSSR count). The van der Waals surface area contributed by atoms with Crippen LogP contribution in [0.2, 0.25) is 0 Å². The van der Waals surface area contributed by atoms with Crippen molar-refractivity contribution in [2.45, 2.75) is 26.2 Å². The van der Waals surface area contributed by atoms with Crippen LogP contribution >= 0.6 is 0 Å². The first-order chi connectivity index (χ1) is 6.74. The van der Waals surface area contributed by atoms with Crippen molar-refractivity contribution in [3.63, 3.8) is 0 Å². The van der Waals surface area contributed by atoms with Crippen LogP contribution in [0.1, 0.15) is 26.2 Å². The fourth-order valence-corrected chi connectivity index (χ4v) is 1.09. The second kappa shape index (κ2) is 8.22. The summed E-state index contributed by atoms with van der Waals surface area (Å²) in [5.41, 5.74) is 0. The Labute approximate surface area is 84.7 Å². The number of rotatable bonds is 7. The maximum absolute atomic E-state index is 11.0. The van der Waals surface area contributed by atoms with Gasteiger partial charge in [0.15, 0.2) is 0 Å². The lowest BCUT2D eigenvalue weighted by Crippen LogP contribution is -2.26. The first kappa shape index (κ1) is 12.6. The predicted octanol–water partition coefficient (Wildman–Crippen LogP) is 1.09. The number of ketones is 1. The van der Waals surface area contributed by atoms with E-state index in [9.17, 15) is 4.79 Å². The molecule has 0 amide bonds. The number of hydrogen-bond donors (Lipinski definition) is 0. The summed E-state index contributed by atoms with van der Waals surface area (Å²) in [6.07, 6.45) is 1.84. The van der Waals surface area contributed by atoms with Gasteiger partial charge < -0.3 is 0 Å². The number of Topliss-reactive ketones (excluding diaryl/α,β-unsaturated/α-hetero) is 1. The molecule has 4 heteroatoms. The monoisotopic (exact) mass is 193 g/mol. The van der Waals surface area contributed by atoms with E-state index in [2.05, 4.69) is 0 Å². The molecule has 0 bridgehead atoms. The largest absolute Gasteiger partial charge is 0.300 e. The zero-order valence-corrected chi connectivity index (χ0v) is 8.49. The molecule has 0 aromatic rings. The fourth-order valence-electron chi connectivity index (χ4n) is 1.09. The van der Waals surface area contributed by atoms with Gasteiger partial charge in [0.05, 0.1) is 25.2 Å². The smallest absolute Gasteiger partial charge is 0.132 e. The zero-order valence-electron chi connectivity index (χ0n) is 8.49. The number of nitrogens with zero attached hydrogens (tertiary/aromatic N) is 3. The standard InChI is InChI=1S/C10H15N3O/c1-2-10(14)4-3-7-13(8-5-11)9-6-12/h2-4,7-9H2,1H3. The molecular formula is C10H15N3O. The molecule has 0 N–H and O–H groups in total. The van der Waals surface area contributed by atoms with Crippen LogP contribution in [0, 0.1) is 22.7 Å². The van der Waals surface area contributed by atoms with Crippen LogP contribution in [0.5, 0.6) is 0 Å². The lowest BCUT2D eigenvalue weighted by Gasteiger charge is -2.13. The summed E-state index contributed by atoms with van der Waals surface area (Å²) in [7, 11) is 0. The lowest BCUT2D eigenvalue weighted by molar-refractivity contribution is -0.118. The summed E-state index contributed by atoms with van der Waals surface area (Å²) < 4.78 is 0. The molecule has 76 valence electrons. The highest BCUT2D eigenvalue weighted by Crippen LogP contribution is 1.97. The number of hydrogen-bond acceptors (Lipinski definition) is 4. The second-order valence-corrected chi connectivity index (χ2v) is 3.02. The van der Waals surface area contributed by atoms with Gasteiger partial charge in [0.25, 0.3) is 0 Å². The maximum Gasteiger partial charge on any atom is 0.132 e. The molecule has 0 radical (unpaired) electrons. The van der Waals surface area contributed by atoms with Crippen molar-refractivity contribution < 1.29 is 4.79 Å². The van der Waals surface area contributed by atoms with Crippen LogP contribution < -0.4 is 0 Å². The molecule has 0 aliphatic heterocycles. The van der Waals surface area contributed by atoms with Crippen LogP contribution in [0.4, 0.5) is 0 Å². The molecule has 0 atom stereocenters. The molecule has 0 aliphatic rings. The molecule has 4 nitrogen and oxygen atoms in total. The summed E-state index contributed by atoms with van der Waals surface area (Å²) >= 11 is 0. The maximum atomic E-state index is 11.0.